The molecule has 5 aliphatic rings. The van der Waals surface area contributed by atoms with Crippen LogP contribution in [0.25, 0.3) is 0 Å². The van der Waals surface area contributed by atoms with Crippen molar-refractivity contribution in [1.82, 2.24) is 4.90 Å². The standard InChI is InChI=1S/C26H23ClN2O4/c1-33-17-8-6-16(7-9-17)28(24(30)14-2-4-15(27)5-3-14)13-29-25(31)22-18-10-11-19(21-12-20(18)21)23(22)26(29)32/h2-11,18-23H,12-13H2,1H3/t18-,19-,20-,21-,22-,23+/m1/s1. The molecular formula is C26H23ClN2O4. The van der Waals surface area contributed by atoms with Gasteiger partial charge in [-0.05, 0) is 78.6 Å². The van der Waals surface area contributed by atoms with E-state index in [2.05, 4.69) is 12.2 Å². The van der Waals surface area contributed by atoms with E-state index in [1.807, 2.05) is 0 Å². The number of halogens is 1. The smallest absolute Gasteiger partial charge is 0.259 e. The van der Waals surface area contributed by atoms with Crippen molar-refractivity contribution in [3.63, 3.8) is 0 Å². The number of hydrogen-bond donors (Lipinski definition) is 0. The average Bonchev–Trinajstić information content (AvgIpc) is 3.63. The van der Waals surface area contributed by atoms with Gasteiger partial charge < -0.3 is 4.74 Å². The lowest BCUT2D eigenvalue weighted by atomic mass is 9.63. The van der Waals surface area contributed by atoms with E-state index < -0.39 is 0 Å². The molecule has 2 saturated carbocycles. The molecule has 2 aromatic carbocycles. The number of benzene rings is 2. The number of rotatable bonds is 5. The lowest BCUT2D eigenvalue weighted by Crippen LogP contribution is -2.45. The Hall–Kier alpha value is -3.12. The number of amides is 3. The third kappa shape index (κ3) is 3.11. The maximum atomic E-state index is 13.5. The first-order valence-electron chi connectivity index (χ1n) is 11.2. The monoisotopic (exact) mass is 462 g/mol. The molecule has 1 heterocycles. The largest absolute Gasteiger partial charge is 0.497 e. The molecule has 0 radical (unpaired) electrons. The zero-order valence-electron chi connectivity index (χ0n) is 18.1. The van der Waals surface area contributed by atoms with E-state index in [0.717, 1.165) is 6.42 Å². The minimum absolute atomic E-state index is 0.118. The molecule has 3 fully saturated rings. The van der Waals surface area contributed by atoms with Gasteiger partial charge in [0, 0.05) is 16.3 Å². The number of methoxy groups -OCH3 is 1. The summed E-state index contributed by atoms with van der Waals surface area (Å²) in [6, 6.07) is 13.6. The molecule has 33 heavy (non-hydrogen) atoms. The third-order valence-electron chi connectivity index (χ3n) is 7.76. The third-order valence-corrected chi connectivity index (χ3v) is 8.01. The Bertz CT molecular complexity index is 1140. The summed E-state index contributed by atoms with van der Waals surface area (Å²) in [7, 11) is 1.57. The molecule has 4 aliphatic carbocycles. The van der Waals surface area contributed by atoms with Gasteiger partial charge in [0.25, 0.3) is 5.91 Å². The van der Waals surface area contributed by atoms with E-state index in [0.29, 0.717) is 33.9 Å². The van der Waals surface area contributed by atoms with Gasteiger partial charge in [0.15, 0.2) is 0 Å². The average molecular weight is 463 g/mol. The van der Waals surface area contributed by atoms with Crippen molar-refractivity contribution in [3.8, 4) is 5.75 Å². The Labute approximate surface area is 196 Å². The summed E-state index contributed by atoms with van der Waals surface area (Å²) in [5.41, 5.74) is 1.00. The Morgan fingerprint density at radius 3 is 2.09 bits per heavy atom. The van der Waals surface area contributed by atoms with Gasteiger partial charge in [-0.15, -0.1) is 0 Å². The number of allylic oxidation sites excluding steroid dienone is 2. The molecule has 7 rings (SSSR count). The molecule has 0 unspecified atom stereocenters. The van der Waals surface area contributed by atoms with Crippen molar-refractivity contribution >= 4 is 35.0 Å². The second kappa shape index (κ2) is 7.45. The number of likely N-dealkylation sites (tertiary alicyclic amines) is 1. The van der Waals surface area contributed by atoms with Gasteiger partial charge in [0.05, 0.1) is 18.9 Å². The van der Waals surface area contributed by atoms with Gasteiger partial charge in [0.2, 0.25) is 11.8 Å². The molecule has 2 bridgehead atoms. The molecule has 1 aliphatic heterocycles. The van der Waals surface area contributed by atoms with Crippen LogP contribution in [0.3, 0.4) is 0 Å². The number of carbonyl (C=O) groups excluding carboxylic acids is 3. The van der Waals surface area contributed by atoms with Gasteiger partial charge in [-0.2, -0.15) is 0 Å². The highest BCUT2D eigenvalue weighted by atomic mass is 35.5. The zero-order valence-corrected chi connectivity index (χ0v) is 18.8. The maximum absolute atomic E-state index is 13.5. The first-order chi connectivity index (χ1) is 16.0. The van der Waals surface area contributed by atoms with Crippen LogP contribution >= 0.6 is 11.6 Å². The number of hydrogen-bond acceptors (Lipinski definition) is 4. The molecule has 168 valence electrons. The molecule has 0 spiro atoms. The van der Waals surface area contributed by atoms with Gasteiger partial charge in [-0.25, -0.2) is 0 Å². The summed E-state index contributed by atoms with van der Waals surface area (Å²) in [4.78, 5) is 43.2. The summed E-state index contributed by atoms with van der Waals surface area (Å²) in [6.45, 7) is -0.118. The van der Waals surface area contributed by atoms with Crippen LogP contribution in [0.15, 0.2) is 60.7 Å². The van der Waals surface area contributed by atoms with Gasteiger partial charge in [0.1, 0.15) is 12.4 Å². The first kappa shape index (κ1) is 20.5. The predicted octanol–water partition coefficient (Wildman–Crippen LogP) is 4.01. The van der Waals surface area contributed by atoms with Crippen molar-refractivity contribution in [1.29, 1.82) is 0 Å². The summed E-state index contributed by atoms with van der Waals surface area (Å²) in [5.74, 6) is 0.807. The van der Waals surface area contributed by atoms with Crippen LogP contribution in [0.4, 0.5) is 5.69 Å². The van der Waals surface area contributed by atoms with E-state index in [4.69, 9.17) is 16.3 Å². The molecule has 0 aromatic heterocycles. The fourth-order valence-corrected chi connectivity index (χ4v) is 6.20. The second-order valence-electron chi connectivity index (χ2n) is 9.34. The Morgan fingerprint density at radius 2 is 1.55 bits per heavy atom. The Morgan fingerprint density at radius 1 is 0.970 bits per heavy atom. The van der Waals surface area contributed by atoms with E-state index in [-0.39, 0.29) is 48.1 Å². The molecule has 6 nitrogen and oxygen atoms in total. The quantitative estimate of drug-likeness (QED) is 0.497. The van der Waals surface area contributed by atoms with Crippen LogP contribution < -0.4 is 9.64 Å². The molecule has 3 amide bonds. The number of nitrogens with zero attached hydrogens (tertiary/aromatic N) is 2. The fraction of sp³-hybridized carbons (Fsp3) is 0.346. The summed E-state index contributed by atoms with van der Waals surface area (Å²) in [6.07, 6.45) is 5.41. The highest BCUT2D eigenvalue weighted by Crippen LogP contribution is 2.65. The van der Waals surface area contributed by atoms with E-state index >= 15 is 0 Å². The first-order valence-corrected chi connectivity index (χ1v) is 11.6. The van der Waals surface area contributed by atoms with E-state index in [1.54, 1.807) is 55.6 Å². The lowest BCUT2D eigenvalue weighted by molar-refractivity contribution is -0.140. The van der Waals surface area contributed by atoms with Crippen LogP contribution in [0.2, 0.25) is 5.02 Å². The number of imide groups is 1. The normalized spacial score (nSPS) is 30.8. The molecule has 6 atom stereocenters. The van der Waals surface area contributed by atoms with Crippen LogP contribution in [0, 0.1) is 35.5 Å². The molecule has 0 N–H and O–H groups in total. The fourth-order valence-electron chi connectivity index (χ4n) is 6.07. The van der Waals surface area contributed by atoms with Crippen LogP contribution in [0.5, 0.6) is 5.75 Å². The van der Waals surface area contributed by atoms with E-state index in [1.165, 1.54) is 9.80 Å². The molecule has 2 aromatic rings. The zero-order chi connectivity index (χ0) is 22.9. The predicted molar refractivity (Wildman–Crippen MR) is 123 cm³/mol. The van der Waals surface area contributed by atoms with Crippen molar-refractivity contribution < 1.29 is 19.1 Å². The van der Waals surface area contributed by atoms with Crippen LogP contribution in [-0.4, -0.2) is 36.4 Å². The van der Waals surface area contributed by atoms with Crippen molar-refractivity contribution in [2.24, 2.45) is 35.5 Å². The van der Waals surface area contributed by atoms with Gasteiger partial charge in [-0.1, -0.05) is 23.8 Å². The summed E-state index contributed by atoms with van der Waals surface area (Å²) < 4.78 is 5.24. The van der Waals surface area contributed by atoms with Gasteiger partial charge in [-0.3, -0.25) is 24.2 Å². The number of anilines is 1. The Kier molecular flexibility index (Phi) is 4.63. The molecule has 7 heteroatoms. The highest BCUT2D eigenvalue weighted by Gasteiger charge is 2.67. The minimum atomic E-state index is -0.309. The molecular weight excluding hydrogens is 440 g/mol. The van der Waals surface area contributed by atoms with E-state index in [9.17, 15) is 14.4 Å². The summed E-state index contributed by atoms with van der Waals surface area (Å²) in [5, 5.41) is 0.526. The van der Waals surface area contributed by atoms with Crippen LogP contribution in [-0.2, 0) is 9.59 Å². The number of carbonyl (C=O) groups is 3. The summed E-state index contributed by atoms with van der Waals surface area (Å²) >= 11 is 6.00. The maximum Gasteiger partial charge on any atom is 0.259 e. The minimum Gasteiger partial charge on any atom is -0.497 e. The van der Waals surface area contributed by atoms with Gasteiger partial charge >= 0.3 is 0 Å². The lowest BCUT2D eigenvalue weighted by Gasteiger charge is -2.37. The van der Waals surface area contributed by atoms with Crippen LogP contribution in [0.1, 0.15) is 16.8 Å². The van der Waals surface area contributed by atoms with Crippen molar-refractivity contribution in [3.05, 3.63) is 71.3 Å². The van der Waals surface area contributed by atoms with Crippen molar-refractivity contribution in [2.45, 2.75) is 6.42 Å². The number of ether oxygens (including phenoxy) is 1. The van der Waals surface area contributed by atoms with Crippen molar-refractivity contribution in [2.75, 3.05) is 18.7 Å². The topological polar surface area (TPSA) is 66.9 Å². The second-order valence-corrected chi connectivity index (χ2v) is 9.78. The highest BCUT2D eigenvalue weighted by molar-refractivity contribution is 6.30. The Balaban J connectivity index is 1.33. The molecule has 1 saturated heterocycles. The SMILES string of the molecule is COc1ccc(N(CN2C(=O)[C@@H]3[C@@H]4C=C[C@H]([C@H]5C[C@H]45)[C@@H]3C2=O)C(=O)c2ccc(Cl)cc2)cc1.